The van der Waals surface area contributed by atoms with Gasteiger partial charge in [0, 0.05) is 0 Å². The van der Waals surface area contributed by atoms with Gasteiger partial charge in [-0.3, -0.25) is 5.32 Å². The number of rotatable bonds is 4. The third-order valence-corrected chi connectivity index (χ3v) is 4.51. The van der Waals surface area contributed by atoms with Crippen molar-refractivity contribution >= 4 is 28.0 Å². The summed E-state index contributed by atoms with van der Waals surface area (Å²) in [6, 6.07) is 3.06. The first-order chi connectivity index (χ1) is 12.1. The molecule has 1 aromatic heterocycles. The van der Waals surface area contributed by atoms with Gasteiger partial charge in [-0.05, 0) is 38.5 Å². The third-order valence-electron chi connectivity index (χ3n) is 3.14. The van der Waals surface area contributed by atoms with Crippen molar-refractivity contribution < 1.29 is 22.7 Å². The summed E-state index contributed by atoms with van der Waals surface area (Å²) in [7, 11) is -3.21. The van der Waals surface area contributed by atoms with Crippen molar-refractivity contribution in [3.05, 3.63) is 41.0 Å². The summed E-state index contributed by atoms with van der Waals surface area (Å²) < 4.78 is 31.5. The number of aryl methyl sites for hydroxylation is 3. The number of methoxy groups -OCH3 is 1. The highest BCUT2D eigenvalue weighted by Gasteiger charge is 2.25. The number of amides is 2. The van der Waals surface area contributed by atoms with E-state index in [4.69, 9.17) is 0 Å². The zero-order valence-corrected chi connectivity index (χ0v) is 15.3. The molecule has 0 atom stereocenters. The van der Waals surface area contributed by atoms with Crippen LogP contribution in [0.2, 0.25) is 0 Å². The normalized spacial score (nSPS) is 10.5. The highest BCUT2D eigenvalue weighted by Crippen LogP contribution is 2.18. The summed E-state index contributed by atoms with van der Waals surface area (Å²) in [5.74, 6) is -0.209. The Balaban J connectivity index is 0.00000364. The third kappa shape index (κ3) is 5.45. The Kier molecular flexibility index (Phi) is 6.94. The van der Waals surface area contributed by atoms with Gasteiger partial charge in [0.2, 0.25) is 5.95 Å². The fourth-order valence-corrected chi connectivity index (χ4v) is 3.29. The number of anilines is 1. The molecule has 2 amide bonds. The summed E-state index contributed by atoms with van der Waals surface area (Å²) in [5.41, 5.74) is 0.396. The minimum atomic E-state index is -4.34. The number of carbonyl (C=O) groups excluding carboxylic acids is 2. The topological polar surface area (TPSA) is 140 Å². The molecule has 27 heavy (non-hydrogen) atoms. The largest absolute Gasteiger partial charge is 0.465 e. The Morgan fingerprint density at radius 3 is 2.19 bits per heavy atom. The second-order valence-electron chi connectivity index (χ2n) is 5.30. The van der Waals surface area contributed by atoms with Crippen LogP contribution in [0.5, 0.6) is 0 Å². The van der Waals surface area contributed by atoms with E-state index >= 15 is 0 Å². The minimum Gasteiger partial charge on any atom is -0.465 e. The number of hydrogen-bond donors (Lipinski definition) is 2. The number of esters is 1. The molecule has 0 aliphatic rings. The van der Waals surface area contributed by atoms with Crippen LogP contribution in [0.4, 0.5) is 10.7 Å². The molecule has 2 rings (SSSR count). The average Bonchev–Trinajstić information content (AvgIpc) is 2.52. The van der Waals surface area contributed by atoms with E-state index < -0.39 is 22.0 Å². The summed E-state index contributed by atoms with van der Waals surface area (Å²) in [5, 5.41) is 2.22. The molecule has 0 saturated heterocycles. The van der Waals surface area contributed by atoms with Crippen LogP contribution in [0.1, 0.15) is 35.0 Å². The number of carbonyl (C=O) groups is 2. The van der Waals surface area contributed by atoms with E-state index in [0.717, 1.165) is 7.11 Å². The van der Waals surface area contributed by atoms with Crippen LogP contribution in [0.15, 0.2) is 23.1 Å². The Morgan fingerprint density at radius 2 is 1.63 bits per heavy atom. The van der Waals surface area contributed by atoms with Crippen LogP contribution in [0.3, 0.4) is 0 Å². The van der Waals surface area contributed by atoms with Crippen LogP contribution in [0, 0.1) is 20.8 Å². The van der Waals surface area contributed by atoms with Crippen molar-refractivity contribution in [1.82, 2.24) is 19.7 Å². The number of nitrogens with one attached hydrogen (secondary N) is 2. The predicted octanol–water partition coefficient (Wildman–Crippen LogP) is 1.73. The lowest BCUT2D eigenvalue weighted by Crippen LogP contribution is -2.35. The fourth-order valence-electron chi connectivity index (χ4n) is 2.11. The number of aromatic nitrogens is 3. The zero-order valence-electron chi connectivity index (χ0n) is 14.5. The standard InChI is InChI=1S/C15H17N5O5S.CH4/c1-8-5-6-11(13(21)25-4)12(7-8)26(23,24)20-15(22)19-14-17-9(2)16-10(3)18-14;/h5-7H,1-4H3,(H2,16,17,18,19,20,22);1H4. The molecule has 1 heterocycles. The van der Waals surface area contributed by atoms with E-state index in [0.29, 0.717) is 17.2 Å². The van der Waals surface area contributed by atoms with E-state index in [9.17, 15) is 18.0 Å². The van der Waals surface area contributed by atoms with E-state index in [1.807, 2.05) is 4.72 Å². The Morgan fingerprint density at radius 1 is 1.04 bits per heavy atom. The number of ether oxygens (including phenoxy) is 1. The summed E-state index contributed by atoms with van der Waals surface area (Å²) in [6.45, 7) is 4.85. The quantitative estimate of drug-likeness (QED) is 0.746. The lowest BCUT2D eigenvalue weighted by molar-refractivity contribution is 0.0596. The van der Waals surface area contributed by atoms with Gasteiger partial charge in [0.25, 0.3) is 10.0 Å². The van der Waals surface area contributed by atoms with Gasteiger partial charge in [0.15, 0.2) is 0 Å². The molecule has 0 unspecified atom stereocenters. The SMILES string of the molecule is C.COC(=O)c1ccc(C)cc1S(=O)(=O)NC(=O)Nc1nc(C)nc(C)n1. The smallest absolute Gasteiger partial charge is 0.339 e. The maximum absolute atomic E-state index is 12.5. The van der Waals surface area contributed by atoms with Crippen molar-refractivity contribution in [2.45, 2.75) is 33.1 Å². The molecule has 2 N–H and O–H groups in total. The van der Waals surface area contributed by atoms with Gasteiger partial charge < -0.3 is 4.74 Å². The summed E-state index contributed by atoms with van der Waals surface area (Å²) in [6.07, 6.45) is 0. The number of sulfonamides is 1. The Hall–Kier alpha value is -3.08. The molecule has 10 nitrogen and oxygen atoms in total. The van der Waals surface area contributed by atoms with Gasteiger partial charge in [-0.2, -0.15) is 9.97 Å². The molecule has 0 aliphatic heterocycles. The molecule has 2 aromatic rings. The fraction of sp³-hybridized carbons (Fsp3) is 0.312. The lowest BCUT2D eigenvalue weighted by Gasteiger charge is -2.11. The number of urea groups is 1. The Bertz CT molecular complexity index is 955. The van der Waals surface area contributed by atoms with Gasteiger partial charge in [0.1, 0.15) is 16.5 Å². The first kappa shape index (κ1) is 22.0. The van der Waals surface area contributed by atoms with Crippen LogP contribution in [0.25, 0.3) is 0 Å². The molecule has 0 bridgehead atoms. The van der Waals surface area contributed by atoms with Gasteiger partial charge >= 0.3 is 12.0 Å². The molecule has 1 aromatic carbocycles. The highest BCUT2D eigenvalue weighted by molar-refractivity contribution is 7.90. The van der Waals surface area contributed by atoms with E-state index in [-0.39, 0.29) is 23.8 Å². The van der Waals surface area contributed by atoms with Crippen molar-refractivity contribution in [3.63, 3.8) is 0 Å². The summed E-state index contributed by atoms with van der Waals surface area (Å²) in [4.78, 5) is 35.2. The van der Waals surface area contributed by atoms with Crippen molar-refractivity contribution in [3.8, 4) is 0 Å². The predicted molar refractivity (Wildman–Crippen MR) is 97.9 cm³/mol. The Labute approximate surface area is 157 Å². The van der Waals surface area contributed by atoms with Gasteiger partial charge in [-0.1, -0.05) is 13.5 Å². The molecular formula is C16H21N5O5S. The van der Waals surface area contributed by atoms with E-state index in [1.54, 1.807) is 26.8 Å². The number of nitrogens with zero attached hydrogens (tertiary/aromatic N) is 3. The van der Waals surface area contributed by atoms with Crippen LogP contribution in [-0.2, 0) is 14.8 Å². The van der Waals surface area contributed by atoms with Crippen molar-refractivity contribution in [2.24, 2.45) is 0 Å². The van der Waals surface area contributed by atoms with E-state index in [2.05, 4.69) is 25.0 Å². The molecule has 0 radical (unpaired) electrons. The maximum atomic E-state index is 12.5. The van der Waals surface area contributed by atoms with Gasteiger partial charge in [-0.15, -0.1) is 0 Å². The molecule has 0 spiro atoms. The molecule has 0 saturated carbocycles. The zero-order chi connectivity index (χ0) is 19.5. The average molecular weight is 395 g/mol. The molecule has 11 heteroatoms. The number of benzene rings is 1. The van der Waals surface area contributed by atoms with Crippen LogP contribution in [-0.4, -0.2) is 42.5 Å². The van der Waals surface area contributed by atoms with Crippen LogP contribution >= 0.6 is 0 Å². The molecule has 146 valence electrons. The van der Waals surface area contributed by atoms with Gasteiger partial charge in [0.05, 0.1) is 12.7 Å². The monoisotopic (exact) mass is 395 g/mol. The number of hydrogen-bond acceptors (Lipinski definition) is 8. The van der Waals surface area contributed by atoms with Crippen molar-refractivity contribution in [2.75, 3.05) is 12.4 Å². The first-order valence-corrected chi connectivity index (χ1v) is 8.83. The first-order valence-electron chi connectivity index (χ1n) is 7.34. The minimum absolute atomic E-state index is 0. The summed E-state index contributed by atoms with van der Waals surface area (Å²) >= 11 is 0. The van der Waals surface area contributed by atoms with E-state index in [1.165, 1.54) is 12.1 Å². The lowest BCUT2D eigenvalue weighted by atomic mass is 10.1. The molecule has 0 aliphatic carbocycles. The van der Waals surface area contributed by atoms with Crippen molar-refractivity contribution in [1.29, 1.82) is 0 Å². The molecule has 0 fully saturated rings. The second-order valence-corrected chi connectivity index (χ2v) is 6.96. The second kappa shape index (κ2) is 8.54. The maximum Gasteiger partial charge on any atom is 0.339 e. The molecular weight excluding hydrogens is 374 g/mol. The van der Waals surface area contributed by atoms with Crippen LogP contribution < -0.4 is 10.0 Å². The highest BCUT2D eigenvalue weighted by atomic mass is 32.2. The van der Waals surface area contributed by atoms with Gasteiger partial charge in [-0.25, -0.2) is 27.7 Å².